The number of hydrogen-bond acceptors (Lipinski definition) is 3. The molecular weight excluding hydrogens is 264 g/mol. The second-order valence-electron chi connectivity index (χ2n) is 5.18. The highest BCUT2D eigenvalue weighted by Crippen LogP contribution is 2.30. The van der Waals surface area contributed by atoms with Crippen molar-refractivity contribution in [3.8, 4) is 11.5 Å². The van der Waals surface area contributed by atoms with Crippen LogP contribution < -0.4 is 9.47 Å². The predicted octanol–water partition coefficient (Wildman–Crippen LogP) is 4.21. The molecule has 3 heteroatoms. The average molecular weight is 284 g/mol. The van der Waals surface area contributed by atoms with E-state index >= 15 is 0 Å². The molecule has 0 heterocycles. The first-order valence-electron chi connectivity index (χ1n) is 6.99. The van der Waals surface area contributed by atoms with Gasteiger partial charge in [-0.2, -0.15) is 0 Å². The number of benzene rings is 2. The van der Waals surface area contributed by atoms with Crippen molar-refractivity contribution in [2.24, 2.45) is 0 Å². The van der Waals surface area contributed by atoms with Gasteiger partial charge in [0.1, 0.15) is 6.61 Å². The summed E-state index contributed by atoms with van der Waals surface area (Å²) in [6, 6.07) is 13.6. The molecule has 0 N–H and O–H groups in total. The number of para-hydroxylation sites is 1. The van der Waals surface area contributed by atoms with Crippen LogP contribution in [0.1, 0.15) is 41.3 Å². The fourth-order valence-electron chi connectivity index (χ4n) is 2.10. The molecule has 0 amide bonds. The highest BCUT2D eigenvalue weighted by Gasteiger charge is 2.10. The van der Waals surface area contributed by atoms with Crippen molar-refractivity contribution >= 4 is 6.29 Å². The van der Waals surface area contributed by atoms with Crippen molar-refractivity contribution in [2.45, 2.75) is 26.4 Å². The smallest absolute Gasteiger partial charge is 0.172 e. The Hall–Kier alpha value is -2.29. The highest BCUT2D eigenvalue weighted by atomic mass is 16.5. The van der Waals surface area contributed by atoms with Crippen molar-refractivity contribution in [3.63, 3.8) is 0 Å². The molecule has 0 unspecified atom stereocenters. The van der Waals surface area contributed by atoms with Gasteiger partial charge in [0.2, 0.25) is 0 Å². The SMILES string of the molecule is COc1cccc(C=O)c1OCc1ccc(C(C)C)cc1. The zero-order valence-electron chi connectivity index (χ0n) is 12.6. The van der Waals surface area contributed by atoms with Gasteiger partial charge in [0.25, 0.3) is 0 Å². The number of carbonyl (C=O) groups excluding carboxylic acids is 1. The molecule has 0 bridgehead atoms. The number of carbonyl (C=O) groups is 1. The molecule has 0 aliphatic rings. The summed E-state index contributed by atoms with van der Waals surface area (Å²) < 4.78 is 11.0. The van der Waals surface area contributed by atoms with E-state index in [-0.39, 0.29) is 0 Å². The Balaban J connectivity index is 2.14. The lowest BCUT2D eigenvalue weighted by atomic mass is 10.0. The summed E-state index contributed by atoms with van der Waals surface area (Å²) in [6.45, 7) is 4.73. The second-order valence-corrected chi connectivity index (χ2v) is 5.18. The number of rotatable bonds is 6. The molecule has 2 aromatic rings. The third kappa shape index (κ3) is 3.63. The predicted molar refractivity (Wildman–Crippen MR) is 83.2 cm³/mol. The number of methoxy groups -OCH3 is 1. The molecule has 0 radical (unpaired) electrons. The Kier molecular flexibility index (Phi) is 4.99. The van der Waals surface area contributed by atoms with Crippen LogP contribution in [0.5, 0.6) is 11.5 Å². The van der Waals surface area contributed by atoms with E-state index in [1.54, 1.807) is 25.3 Å². The Labute approximate surface area is 125 Å². The van der Waals surface area contributed by atoms with Crippen molar-refractivity contribution in [1.29, 1.82) is 0 Å². The van der Waals surface area contributed by atoms with Gasteiger partial charge < -0.3 is 9.47 Å². The van der Waals surface area contributed by atoms with Crippen LogP contribution in [-0.2, 0) is 6.61 Å². The van der Waals surface area contributed by atoms with Crippen molar-refractivity contribution < 1.29 is 14.3 Å². The Morgan fingerprint density at radius 1 is 1.10 bits per heavy atom. The van der Waals surface area contributed by atoms with Gasteiger partial charge in [-0.1, -0.05) is 44.2 Å². The maximum atomic E-state index is 11.1. The molecular formula is C18H20O3. The minimum atomic E-state index is 0.402. The van der Waals surface area contributed by atoms with Gasteiger partial charge in [0.05, 0.1) is 12.7 Å². The maximum Gasteiger partial charge on any atom is 0.172 e. The minimum absolute atomic E-state index is 0.402. The third-order valence-electron chi connectivity index (χ3n) is 3.39. The summed E-state index contributed by atoms with van der Waals surface area (Å²) in [5.74, 6) is 1.57. The van der Waals surface area contributed by atoms with E-state index < -0.39 is 0 Å². The molecule has 0 saturated heterocycles. The fourth-order valence-corrected chi connectivity index (χ4v) is 2.10. The fraction of sp³-hybridized carbons (Fsp3) is 0.278. The molecule has 3 nitrogen and oxygen atoms in total. The molecule has 0 spiro atoms. The first-order valence-corrected chi connectivity index (χ1v) is 6.99. The van der Waals surface area contributed by atoms with Crippen LogP contribution in [-0.4, -0.2) is 13.4 Å². The lowest BCUT2D eigenvalue weighted by Gasteiger charge is -2.13. The standard InChI is InChI=1S/C18H20O3/c1-13(2)15-9-7-14(8-10-15)12-21-18-16(11-19)5-4-6-17(18)20-3/h4-11,13H,12H2,1-3H3. The summed E-state index contributed by atoms with van der Waals surface area (Å²) in [4.78, 5) is 11.1. The van der Waals surface area contributed by atoms with E-state index in [4.69, 9.17) is 9.47 Å². The average Bonchev–Trinajstić information content (AvgIpc) is 2.52. The lowest BCUT2D eigenvalue weighted by Crippen LogP contribution is -2.01. The quantitative estimate of drug-likeness (QED) is 0.745. The Bertz CT molecular complexity index is 600. The summed E-state index contributed by atoms with van der Waals surface area (Å²) in [5.41, 5.74) is 2.85. The van der Waals surface area contributed by atoms with Gasteiger partial charge in [-0.3, -0.25) is 4.79 Å². The summed E-state index contributed by atoms with van der Waals surface area (Å²) in [7, 11) is 1.56. The van der Waals surface area contributed by atoms with Gasteiger partial charge in [-0.15, -0.1) is 0 Å². The normalized spacial score (nSPS) is 10.5. The van der Waals surface area contributed by atoms with E-state index in [1.165, 1.54) is 5.56 Å². The molecule has 0 atom stereocenters. The maximum absolute atomic E-state index is 11.1. The van der Waals surface area contributed by atoms with Crippen LogP contribution in [0.4, 0.5) is 0 Å². The van der Waals surface area contributed by atoms with E-state index in [2.05, 4.69) is 26.0 Å². The van der Waals surface area contributed by atoms with E-state index in [0.29, 0.717) is 29.6 Å². The molecule has 21 heavy (non-hydrogen) atoms. The molecule has 2 rings (SSSR count). The largest absolute Gasteiger partial charge is 0.493 e. The minimum Gasteiger partial charge on any atom is -0.493 e. The lowest BCUT2D eigenvalue weighted by molar-refractivity contribution is 0.111. The molecule has 0 aromatic heterocycles. The van der Waals surface area contributed by atoms with Crippen LogP contribution in [0, 0.1) is 0 Å². The van der Waals surface area contributed by atoms with E-state index in [0.717, 1.165) is 11.8 Å². The zero-order chi connectivity index (χ0) is 15.2. The molecule has 0 fully saturated rings. The van der Waals surface area contributed by atoms with E-state index in [9.17, 15) is 4.79 Å². The number of hydrogen-bond donors (Lipinski definition) is 0. The van der Waals surface area contributed by atoms with Crippen LogP contribution in [0.25, 0.3) is 0 Å². The van der Waals surface area contributed by atoms with Gasteiger partial charge in [-0.05, 0) is 29.2 Å². The van der Waals surface area contributed by atoms with Crippen molar-refractivity contribution in [3.05, 3.63) is 59.2 Å². The first kappa shape index (κ1) is 15.1. The first-order chi connectivity index (χ1) is 10.2. The third-order valence-corrected chi connectivity index (χ3v) is 3.39. The van der Waals surface area contributed by atoms with Crippen LogP contribution in [0.3, 0.4) is 0 Å². The zero-order valence-corrected chi connectivity index (χ0v) is 12.6. The highest BCUT2D eigenvalue weighted by molar-refractivity contribution is 5.81. The number of aldehydes is 1. The van der Waals surface area contributed by atoms with Crippen LogP contribution in [0.15, 0.2) is 42.5 Å². The van der Waals surface area contributed by atoms with Gasteiger partial charge in [-0.25, -0.2) is 0 Å². The van der Waals surface area contributed by atoms with Crippen molar-refractivity contribution in [1.82, 2.24) is 0 Å². The molecule has 2 aromatic carbocycles. The molecule has 0 saturated carbocycles. The summed E-state index contributed by atoms with van der Waals surface area (Å²) in [6.07, 6.45) is 0.777. The second kappa shape index (κ2) is 6.93. The summed E-state index contributed by atoms with van der Waals surface area (Å²) >= 11 is 0. The van der Waals surface area contributed by atoms with E-state index in [1.807, 2.05) is 12.1 Å². The van der Waals surface area contributed by atoms with Gasteiger partial charge in [0.15, 0.2) is 17.8 Å². The molecule has 110 valence electrons. The number of ether oxygens (including phenoxy) is 2. The van der Waals surface area contributed by atoms with Crippen molar-refractivity contribution in [2.75, 3.05) is 7.11 Å². The molecule has 0 aliphatic heterocycles. The van der Waals surface area contributed by atoms with Gasteiger partial charge >= 0.3 is 0 Å². The summed E-state index contributed by atoms with van der Waals surface area (Å²) in [5, 5.41) is 0. The van der Waals surface area contributed by atoms with Gasteiger partial charge in [0, 0.05) is 0 Å². The Morgan fingerprint density at radius 3 is 2.38 bits per heavy atom. The molecule has 0 aliphatic carbocycles. The topological polar surface area (TPSA) is 35.5 Å². The van der Waals surface area contributed by atoms with Crippen LogP contribution >= 0.6 is 0 Å². The Morgan fingerprint density at radius 2 is 1.81 bits per heavy atom. The van der Waals surface area contributed by atoms with Crippen LogP contribution in [0.2, 0.25) is 0 Å². The monoisotopic (exact) mass is 284 g/mol.